The number of hydrogen-bond donors (Lipinski definition) is 1. The van der Waals surface area contributed by atoms with Crippen molar-refractivity contribution in [1.82, 2.24) is 4.31 Å². The molecule has 22 heavy (non-hydrogen) atoms. The minimum absolute atomic E-state index is 0.183. The summed E-state index contributed by atoms with van der Waals surface area (Å²) < 4.78 is 36.9. The van der Waals surface area contributed by atoms with Gasteiger partial charge >= 0.3 is 0 Å². The second kappa shape index (κ2) is 6.95. The average Bonchev–Trinajstić information content (AvgIpc) is 2.54. The van der Waals surface area contributed by atoms with Crippen LogP contribution in [0.25, 0.3) is 0 Å². The van der Waals surface area contributed by atoms with Crippen molar-refractivity contribution in [2.75, 3.05) is 21.3 Å². The maximum absolute atomic E-state index is 12.7. The van der Waals surface area contributed by atoms with Crippen molar-refractivity contribution >= 4 is 10.0 Å². The minimum Gasteiger partial charge on any atom is -0.497 e. The van der Waals surface area contributed by atoms with Gasteiger partial charge in [-0.25, -0.2) is 8.42 Å². The molecule has 1 aliphatic carbocycles. The standard InChI is InChI=1S/C15H23NO5S/c1-16(13-5-4-6-14(21-3)15(13)17)22(18,19)12-9-7-11(20-2)8-10-12/h7-10,13-15,17H,4-6H2,1-3H3/t13-,14-,15-/m1/s1. The number of hydrogen-bond acceptors (Lipinski definition) is 5. The summed E-state index contributed by atoms with van der Waals surface area (Å²) in [5.41, 5.74) is 0. The summed E-state index contributed by atoms with van der Waals surface area (Å²) in [6.07, 6.45) is 1.03. The molecule has 0 radical (unpaired) electrons. The number of methoxy groups -OCH3 is 2. The highest BCUT2D eigenvalue weighted by Gasteiger charge is 2.39. The first-order valence-corrected chi connectivity index (χ1v) is 8.68. The fourth-order valence-electron chi connectivity index (χ4n) is 2.86. The van der Waals surface area contributed by atoms with E-state index in [9.17, 15) is 13.5 Å². The van der Waals surface area contributed by atoms with Crippen LogP contribution in [0.15, 0.2) is 29.2 Å². The van der Waals surface area contributed by atoms with E-state index in [1.165, 1.54) is 37.7 Å². The third-order valence-electron chi connectivity index (χ3n) is 4.27. The van der Waals surface area contributed by atoms with E-state index in [1.807, 2.05) is 0 Å². The Hall–Kier alpha value is -1.15. The molecule has 6 nitrogen and oxygen atoms in total. The van der Waals surface area contributed by atoms with E-state index in [-0.39, 0.29) is 11.0 Å². The van der Waals surface area contributed by atoms with Crippen LogP contribution < -0.4 is 4.74 Å². The molecule has 0 aromatic heterocycles. The van der Waals surface area contributed by atoms with Crippen molar-refractivity contribution in [3.05, 3.63) is 24.3 Å². The van der Waals surface area contributed by atoms with Crippen LogP contribution in [0.4, 0.5) is 0 Å². The third kappa shape index (κ3) is 3.27. The second-order valence-corrected chi connectivity index (χ2v) is 7.46. The molecule has 0 aliphatic heterocycles. The largest absolute Gasteiger partial charge is 0.497 e. The molecular formula is C15H23NO5S. The van der Waals surface area contributed by atoms with E-state index in [0.717, 1.165) is 12.8 Å². The molecule has 1 fully saturated rings. The van der Waals surface area contributed by atoms with E-state index in [4.69, 9.17) is 9.47 Å². The Bertz CT molecular complexity index is 586. The summed E-state index contributed by atoms with van der Waals surface area (Å²) in [6.45, 7) is 0. The smallest absolute Gasteiger partial charge is 0.243 e. The van der Waals surface area contributed by atoms with Gasteiger partial charge in [0.15, 0.2) is 0 Å². The summed E-state index contributed by atoms with van der Waals surface area (Å²) >= 11 is 0. The third-order valence-corrected chi connectivity index (χ3v) is 6.17. The normalized spacial score (nSPS) is 26.1. The Morgan fingerprint density at radius 2 is 1.82 bits per heavy atom. The summed E-state index contributed by atoms with van der Waals surface area (Å²) in [5.74, 6) is 0.596. The van der Waals surface area contributed by atoms with Gasteiger partial charge in [0.1, 0.15) is 5.75 Å². The van der Waals surface area contributed by atoms with Gasteiger partial charge in [-0.1, -0.05) is 0 Å². The Morgan fingerprint density at radius 1 is 1.18 bits per heavy atom. The van der Waals surface area contributed by atoms with Crippen LogP contribution in [-0.2, 0) is 14.8 Å². The number of sulfonamides is 1. The molecule has 2 rings (SSSR count). The number of aliphatic hydroxyl groups excluding tert-OH is 1. The average molecular weight is 329 g/mol. The summed E-state index contributed by atoms with van der Waals surface area (Å²) in [4.78, 5) is 0.183. The zero-order valence-corrected chi connectivity index (χ0v) is 13.9. The van der Waals surface area contributed by atoms with Crippen LogP contribution in [0, 0.1) is 0 Å². The second-order valence-electron chi connectivity index (χ2n) is 5.46. The Balaban J connectivity index is 2.23. The van der Waals surface area contributed by atoms with E-state index < -0.39 is 22.2 Å². The van der Waals surface area contributed by atoms with Crippen LogP contribution in [0.2, 0.25) is 0 Å². The fourth-order valence-corrected chi connectivity index (χ4v) is 4.26. The SMILES string of the molecule is COc1ccc(S(=O)(=O)N(C)[C@@H]2CCC[C@@H](OC)[C@@H]2O)cc1. The fraction of sp³-hybridized carbons (Fsp3) is 0.600. The van der Waals surface area contributed by atoms with Crippen molar-refractivity contribution in [3.8, 4) is 5.75 Å². The van der Waals surface area contributed by atoms with Crippen molar-refractivity contribution in [3.63, 3.8) is 0 Å². The van der Waals surface area contributed by atoms with Gasteiger partial charge in [-0.2, -0.15) is 4.31 Å². The molecule has 3 atom stereocenters. The maximum atomic E-state index is 12.7. The molecule has 1 saturated carbocycles. The van der Waals surface area contributed by atoms with Crippen LogP contribution >= 0.6 is 0 Å². The lowest BCUT2D eigenvalue weighted by Crippen LogP contribution is -2.52. The first-order valence-electron chi connectivity index (χ1n) is 7.24. The summed E-state index contributed by atoms with van der Waals surface area (Å²) in [7, 11) is 0.902. The molecule has 7 heteroatoms. The van der Waals surface area contributed by atoms with Gasteiger partial charge in [-0.15, -0.1) is 0 Å². The molecule has 1 aromatic rings. The highest BCUT2D eigenvalue weighted by molar-refractivity contribution is 7.89. The van der Waals surface area contributed by atoms with E-state index >= 15 is 0 Å². The molecule has 0 saturated heterocycles. The van der Waals surface area contributed by atoms with E-state index in [2.05, 4.69) is 0 Å². The lowest BCUT2D eigenvalue weighted by atomic mass is 9.90. The number of nitrogens with zero attached hydrogens (tertiary/aromatic N) is 1. The predicted octanol–water partition coefficient (Wildman–Crippen LogP) is 1.24. The van der Waals surface area contributed by atoms with Crippen molar-refractivity contribution in [1.29, 1.82) is 0 Å². The maximum Gasteiger partial charge on any atom is 0.243 e. The van der Waals surface area contributed by atoms with Crippen LogP contribution in [0.5, 0.6) is 5.75 Å². The molecule has 1 aromatic carbocycles. The quantitative estimate of drug-likeness (QED) is 0.880. The monoisotopic (exact) mass is 329 g/mol. The topological polar surface area (TPSA) is 76.1 Å². The van der Waals surface area contributed by atoms with Crippen LogP contribution in [0.3, 0.4) is 0 Å². The molecule has 1 aliphatic rings. The van der Waals surface area contributed by atoms with E-state index in [1.54, 1.807) is 12.1 Å². The first kappa shape index (κ1) is 17.2. The molecule has 0 spiro atoms. The summed E-state index contributed by atoms with van der Waals surface area (Å²) in [5, 5.41) is 10.3. The van der Waals surface area contributed by atoms with E-state index in [0.29, 0.717) is 12.2 Å². The lowest BCUT2D eigenvalue weighted by molar-refractivity contribution is -0.0644. The number of benzene rings is 1. The molecule has 0 amide bonds. The van der Waals surface area contributed by atoms with Gasteiger partial charge in [-0.05, 0) is 43.5 Å². The highest BCUT2D eigenvalue weighted by Crippen LogP contribution is 2.29. The van der Waals surface area contributed by atoms with Crippen LogP contribution in [0.1, 0.15) is 19.3 Å². The van der Waals surface area contributed by atoms with Gasteiger partial charge < -0.3 is 14.6 Å². The molecule has 0 bridgehead atoms. The molecule has 1 N–H and O–H groups in total. The Kier molecular flexibility index (Phi) is 5.44. The number of ether oxygens (including phenoxy) is 2. The van der Waals surface area contributed by atoms with Crippen LogP contribution in [-0.4, -0.2) is 57.3 Å². The van der Waals surface area contributed by atoms with Gasteiger partial charge in [0, 0.05) is 14.2 Å². The molecular weight excluding hydrogens is 306 g/mol. The predicted molar refractivity (Wildman–Crippen MR) is 82.4 cm³/mol. The number of rotatable bonds is 5. The zero-order chi connectivity index (χ0) is 16.3. The van der Waals surface area contributed by atoms with Crippen molar-refractivity contribution < 1.29 is 23.0 Å². The highest BCUT2D eigenvalue weighted by atomic mass is 32.2. The van der Waals surface area contributed by atoms with Crippen molar-refractivity contribution in [2.45, 2.75) is 42.4 Å². The van der Waals surface area contributed by atoms with Gasteiger partial charge in [-0.3, -0.25) is 0 Å². The van der Waals surface area contributed by atoms with Gasteiger partial charge in [0.2, 0.25) is 10.0 Å². The number of aliphatic hydroxyl groups is 1. The molecule has 0 unspecified atom stereocenters. The minimum atomic E-state index is -3.67. The lowest BCUT2D eigenvalue weighted by Gasteiger charge is -2.38. The Morgan fingerprint density at radius 3 is 2.36 bits per heavy atom. The van der Waals surface area contributed by atoms with Crippen molar-refractivity contribution in [2.24, 2.45) is 0 Å². The first-order chi connectivity index (χ1) is 10.4. The molecule has 0 heterocycles. The zero-order valence-electron chi connectivity index (χ0n) is 13.1. The Labute approximate surface area is 131 Å². The van der Waals surface area contributed by atoms with Gasteiger partial charge in [0.25, 0.3) is 0 Å². The van der Waals surface area contributed by atoms with Gasteiger partial charge in [0.05, 0.1) is 30.3 Å². The summed E-state index contributed by atoms with van der Waals surface area (Å²) in [6, 6.07) is 5.75. The molecule has 124 valence electrons. The number of likely N-dealkylation sites (N-methyl/N-ethyl adjacent to an activating group) is 1.